The average Bonchev–Trinajstić information content (AvgIpc) is 3.26. The van der Waals surface area contributed by atoms with Crippen LogP contribution in [0.4, 0.5) is 5.69 Å². The molecule has 0 saturated heterocycles. The van der Waals surface area contributed by atoms with E-state index in [-0.39, 0.29) is 12.3 Å². The Balaban J connectivity index is 1.46. The molecule has 1 aromatic carbocycles. The maximum atomic E-state index is 12.2. The summed E-state index contributed by atoms with van der Waals surface area (Å²) in [7, 11) is 0. The molecule has 0 aliphatic rings. The molecule has 0 bridgehead atoms. The molecule has 0 spiro atoms. The highest BCUT2D eigenvalue weighted by Gasteiger charge is 2.13. The van der Waals surface area contributed by atoms with Crippen molar-refractivity contribution in [2.24, 2.45) is 0 Å². The number of thiazole rings is 1. The van der Waals surface area contributed by atoms with Crippen molar-refractivity contribution in [1.82, 2.24) is 14.5 Å². The third-order valence-electron chi connectivity index (χ3n) is 4.08. The molecule has 0 unspecified atom stereocenters. The van der Waals surface area contributed by atoms with Gasteiger partial charge >= 0.3 is 0 Å². The number of hydrogen-bond acceptors (Lipinski definition) is 5. The second kappa shape index (κ2) is 6.18. The normalized spacial score (nSPS) is 11.1. The van der Waals surface area contributed by atoms with Crippen LogP contribution in [-0.4, -0.2) is 20.4 Å². The number of imidazole rings is 1. The highest BCUT2D eigenvalue weighted by Crippen LogP contribution is 2.23. The number of anilines is 1. The van der Waals surface area contributed by atoms with E-state index in [0.717, 1.165) is 33.2 Å². The van der Waals surface area contributed by atoms with Gasteiger partial charge in [0.1, 0.15) is 5.76 Å². The lowest BCUT2D eigenvalue weighted by Crippen LogP contribution is -2.15. The summed E-state index contributed by atoms with van der Waals surface area (Å²) in [6.45, 7) is 3.65. The van der Waals surface area contributed by atoms with E-state index < -0.39 is 0 Å². The molecule has 1 amide bonds. The van der Waals surface area contributed by atoms with Crippen LogP contribution >= 0.6 is 11.3 Å². The van der Waals surface area contributed by atoms with Gasteiger partial charge in [0.15, 0.2) is 4.96 Å². The summed E-state index contributed by atoms with van der Waals surface area (Å²) in [5.41, 5.74) is 4.27. The van der Waals surface area contributed by atoms with Gasteiger partial charge in [-0.15, -0.1) is 11.3 Å². The minimum atomic E-state index is -0.0929. The lowest BCUT2D eigenvalue weighted by molar-refractivity contribution is -0.115. The Labute approximate surface area is 148 Å². The number of carbonyl (C=O) groups excluding carboxylic acids is 1. The second-order valence-electron chi connectivity index (χ2n) is 5.82. The van der Waals surface area contributed by atoms with Crippen LogP contribution in [0.1, 0.15) is 17.0 Å². The van der Waals surface area contributed by atoms with E-state index in [4.69, 9.17) is 4.52 Å². The van der Waals surface area contributed by atoms with Gasteiger partial charge in [0, 0.05) is 34.6 Å². The lowest BCUT2D eigenvalue weighted by atomic mass is 10.1. The van der Waals surface area contributed by atoms with Crippen molar-refractivity contribution >= 4 is 27.9 Å². The smallest absolute Gasteiger partial charge is 0.228 e. The minimum Gasteiger partial charge on any atom is -0.361 e. The minimum absolute atomic E-state index is 0.0929. The summed E-state index contributed by atoms with van der Waals surface area (Å²) in [5.74, 6) is 0.590. The first kappa shape index (κ1) is 15.6. The Kier molecular flexibility index (Phi) is 3.85. The maximum Gasteiger partial charge on any atom is 0.228 e. The monoisotopic (exact) mass is 352 g/mol. The number of nitrogens with one attached hydrogen (secondary N) is 1. The molecule has 1 N–H and O–H groups in total. The molecule has 0 radical (unpaired) electrons. The van der Waals surface area contributed by atoms with Gasteiger partial charge in [-0.05, 0) is 26.0 Å². The Morgan fingerprint density at radius 1 is 1.28 bits per heavy atom. The highest BCUT2D eigenvalue weighted by molar-refractivity contribution is 7.15. The molecule has 4 rings (SSSR count). The summed E-state index contributed by atoms with van der Waals surface area (Å²) in [5, 5.41) is 8.78. The molecule has 7 heteroatoms. The van der Waals surface area contributed by atoms with Gasteiger partial charge in [-0.3, -0.25) is 9.20 Å². The zero-order valence-corrected chi connectivity index (χ0v) is 14.6. The fraction of sp³-hybridized carbons (Fsp3) is 0.167. The first-order valence-electron chi connectivity index (χ1n) is 7.84. The lowest BCUT2D eigenvalue weighted by Gasteiger charge is -2.06. The van der Waals surface area contributed by atoms with E-state index >= 15 is 0 Å². The van der Waals surface area contributed by atoms with Crippen molar-refractivity contribution in [3.8, 4) is 11.3 Å². The largest absolute Gasteiger partial charge is 0.361 e. The third kappa shape index (κ3) is 3.06. The molecule has 0 atom stereocenters. The number of carbonyl (C=O) groups is 1. The molecule has 0 aliphatic heterocycles. The Morgan fingerprint density at radius 3 is 2.76 bits per heavy atom. The van der Waals surface area contributed by atoms with Crippen molar-refractivity contribution in [2.45, 2.75) is 20.3 Å². The summed E-state index contributed by atoms with van der Waals surface area (Å²) in [6.07, 6.45) is 4.23. The number of aryl methyl sites for hydroxylation is 2. The number of aromatic nitrogens is 3. The summed E-state index contributed by atoms with van der Waals surface area (Å²) in [6, 6.07) is 7.68. The zero-order valence-electron chi connectivity index (χ0n) is 13.8. The quantitative estimate of drug-likeness (QED) is 0.605. The van der Waals surface area contributed by atoms with E-state index in [0.29, 0.717) is 5.76 Å². The van der Waals surface area contributed by atoms with Crippen molar-refractivity contribution < 1.29 is 9.32 Å². The van der Waals surface area contributed by atoms with Crippen molar-refractivity contribution in [3.63, 3.8) is 0 Å². The second-order valence-corrected chi connectivity index (χ2v) is 6.70. The molecule has 0 saturated carbocycles. The van der Waals surface area contributed by atoms with Gasteiger partial charge in [0.25, 0.3) is 0 Å². The predicted molar refractivity (Wildman–Crippen MR) is 96.8 cm³/mol. The third-order valence-corrected chi connectivity index (χ3v) is 4.85. The predicted octanol–water partition coefficient (Wildman–Crippen LogP) is 3.85. The molecule has 126 valence electrons. The van der Waals surface area contributed by atoms with E-state index in [1.165, 1.54) is 0 Å². The molecule has 4 aromatic rings. The van der Waals surface area contributed by atoms with E-state index in [9.17, 15) is 4.79 Å². The summed E-state index contributed by atoms with van der Waals surface area (Å²) < 4.78 is 7.09. The number of benzene rings is 1. The van der Waals surface area contributed by atoms with Crippen molar-refractivity contribution in [2.75, 3.05) is 5.32 Å². The standard InChI is InChI=1S/C18H16N4O2S/c1-11-15(12(2)24-21-11)9-17(23)19-14-5-3-13(4-6-14)16-10-22-7-8-25-18(22)20-16/h3-8,10H,9H2,1-2H3,(H,19,23). The van der Waals surface area contributed by atoms with Gasteiger partial charge in [-0.1, -0.05) is 17.3 Å². The van der Waals surface area contributed by atoms with Crippen LogP contribution < -0.4 is 5.32 Å². The number of amides is 1. The van der Waals surface area contributed by atoms with Crippen LogP contribution in [0.5, 0.6) is 0 Å². The molecule has 25 heavy (non-hydrogen) atoms. The van der Waals surface area contributed by atoms with Crippen LogP contribution in [0, 0.1) is 13.8 Å². The maximum absolute atomic E-state index is 12.2. The summed E-state index contributed by atoms with van der Waals surface area (Å²) in [4.78, 5) is 17.8. The van der Waals surface area contributed by atoms with Crippen LogP contribution in [0.25, 0.3) is 16.2 Å². The SMILES string of the molecule is Cc1noc(C)c1CC(=O)Nc1ccc(-c2cn3ccsc3n2)cc1. The van der Waals surface area contributed by atoms with Crippen molar-refractivity contribution in [3.05, 3.63) is 59.1 Å². The van der Waals surface area contributed by atoms with Gasteiger partial charge in [0.05, 0.1) is 17.8 Å². The van der Waals surface area contributed by atoms with Gasteiger partial charge in [0.2, 0.25) is 5.91 Å². The topological polar surface area (TPSA) is 72.4 Å². The molecule has 3 aromatic heterocycles. The number of nitrogens with zero attached hydrogens (tertiary/aromatic N) is 3. The first-order chi connectivity index (χ1) is 12.1. The number of hydrogen-bond donors (Lipinski definition) is 1. The zero-order chi connectivity index (χ0) is 17.4. The molecular formula is C18H16N4O2S. The fourth-order valence-corrected chi connectivity index (χ4v) is 3.41. The van der Waals surface area contributed by atoms with Gasteiger partial charge < -0.3 is 9.84 Å². The average molecular weight is 352 g/mol. The first-order valence-corrected chi connectivity index (χ1v) is 8.72. The van der Waals surface area contributed by atoms with E-state index in [2.05, 4.69) is 15.5 Å². The molecule has 0 fully saturated rings. The van der Waals surface area contributed by atoms with Gasteiger partial charge in [-0.2, -0.15) is 0 Å². The van der Waals surface area contributed by atoms with E-state index in [1.807, 2.05) is 60.3 Å². The molecule has 3 heterocycles. The number of rotatable bonds is 4. The van der Waals surface area contributed by atoms with Crippen molar-refractivity contribution in [1.29, 1.82) is 0 Å². The molecule has 0 aliphatic carbocycles. The van der Waals surface area contributed by atoms with Crippen LogP contribution in [-0.2, 0) is 11.2 Å². The summed E-state index contributed by atoms with van der Waals surface area (Å²) >= 11 is 1.60. The van der Waals surface area contributed by atoms with Crippen LogP contribution in [0.15, 0.2) is 46.6 Å². The van der Waals surface area contributed by atoms with Crippen LogP contribution in [0.2, 0.25) is 0 Å². The highest BCUT2D eigenvalue weighted by atomic mass is 32.1. The Bertz CT molecular complexity index is 995. The number of fused-ring (bicyclic) bond motifs is 1. The van der Waals surface area contributed by atoms with Gasteiger partial charge in [-0.25, -0.2) is 4.98 Å². The van der Waals surface area contributed by atoms with Crippen LogP contribution in [0.3, 0.4) is 0 Å². The Hall–Kier alpha value is -2.93. The Morgan fingerprint density at radius 2 is 2.08 bits per heavy atom. The van der Waals surface area contributed by atoms with E-state index in [1.54, 1.807) is 11.3 Å². The molecule has 6 nitrogen and oxygen atoms in total. The fourth-order valence-electron chi connectivity index (χ4n) is 2.71. The molecular weight excluding hydrogens is 336 g/mol.